The van der Waals surface area contributed by atoms with Gasteiger partial charge in [-0.3, -0.25) is 9.59 Å². The van der Waals surface area contributed by atoms with Crippen molar-refractivity contribution in [2.45, 2.75) is 56.5 Å². The van der Waals surface area contributed by atoms with Crippen molar-refractivity contribution in [1.82, 2.24) is 20.1 Å². The van der Waals surface area contributed by atoms with Crippen molar-refractivity contribution in [2.75, 3.05) is 0 Å². The summed E-state index contributed by atoms with van der Waals surface area (Å²) in [5.41, 5.74) is 2.60. The Kier molecular flexibility index (Phi) is 4.26. The summed E-state index contributed by atoms with van der Waals surface area (Å²) in [5, 5.41) is 8.81. The van der Waals surface area contributed by atoms with E-state index in [1.165, 1.54) is 12.8 Å². The Bertz CT molecular complexity index is 1040. The molecule has 2 heterocycles. The number of benzene rings is 1. The minimum atomic E-state index is -0.0642. The molecule has 0 unspecified atom stereocenters. The van der Waals surface area contributed by atoms with E-state index in [0.29, 0.717) is 11.6 Å². The lowest BCUT2D eigenvalue weighted by atomic mass is 9.91. The molecule has 1 amide bonds. The summed E-state index contributed by atoms with van der Waals surface area (Å²) in [6, 6.07) is 13.6. The van der Waals surface area contributed by atoms with Gasteiger partial charge in [0, 0.05) is 28.9 Å². The van der Waals surface area contributed by atoms with Crippen molar-refractivity contribution < 1.29 is 4.79 Å². The lowest BCUT2D eigenvalue weighted by Crippen LogP contribution is -2.39. The average Bonchev–Trinajstić information content (AvgIpc) is 3.47. The molecule has 2 N–H and O–H groups in total. The Morgan fingerprint density at radius 1 is 1.04 bits per heavy atom. The second kappa shape index (κ2) is 6.93. The third kappa shape index (κ3) is 3.35. The van der Waals surface area contributed by atoms with Crippen LogP contribution in [0.4, 0.5) is 0 Å². The van der Waals surface area contributed by atoms with Crippen LogP contribution in [0.15, 0.2) is 47.3 Å². The van der Waals surface area contributed by atoms with Gasteiger partial charge in [0.15, 0.2) is 0 Å². The van der Waals surface area contributed by atoms with Gasteiger partial charge in [0.2, 0.25) is 0 Å². The molecular weight excluding hydrogens is 352 g/mol. The summed E-state index contributed by atoms with van der Waals surface area (Å²) in [4.78, 5) is 28.1. The highest BCUT2D eigenvalue weighted by Gasteiger charge is 2.28. The molecule has 2 saturated carbocycles. The van der Waals surface area contributed by atoms with Crippen LogP contribution < -0.4 is 10.9 Å². The first-order valence-electron chi connectivity index (χ1n) is 10.2. The molecule has 0 saturated heterocycles. The monoisotopic (exact) mass is 376 g/mol. The molecule has 5 rings (SSSR count). The molecule has 6 nitrogen and oxygen atoms in total. The van der Waals surface area contributed by atoms with E-state index in [9.17, 15) is 9.59 Å². The first kappa shape index (κ1) is 17.2. The number of fused-ring (bicyclic) bond motifs is 1. The second-order valence-electron chi connectivity index (χ2n) is 8.06. The highest BCUT2D eigenvalue weighted by atomic mass is 16.2. The number of hydrogen-bond donors (Lipinski definition) is 2. The van der Waals surface area contributed by atoms with Crippen LogP contribution in [0.2, 0.25) is 0 Å². The van der Waals surface area contributed by atoms with Crippen molar-refractivity contribution >= 4 is 16.8 Å². The van der Waals surface area contributed by atoms with E-state index in [2.05, 4.69) is 15.4 Å². The van der Waals surface area contributed by atoms with Crippen LogP contribution in [0, 0.1) is 0 Å². The summed E-state index contributed by atoms with van der Waals surface area (Å²) in [5.74, 6) is 0.476. The van der Waals surface area contributed by atoms with Gasteiger partial charge in [-0.05, 0) is 56.7 Å². The number of amides is 1. The van der Waals surface area contributed by atoms with Crippen molar-refractivity contribution in [3.8, 4) is 0 Å². The highest BCUT2D eigenvalue weighted by molar-refractivity contribution is 5.98. The summed E-state index contributed by atoms with van der Waals surface area (Å²) in [7, 11) is 0. The molecule has 0 bridgehead atoms. The number of aromatic nitrogens is 3. The predicted octanol–water partition coefficient (Wildman–Crippen LogP) is 3.52. The lowest BCUT2D eigenvalue weighted by molar-refractivity contribution is 0.0917. The Morgan fingerprint density at radius 3 is 2.57 bits per heavy atom. The van der Waals surface area contributed by atoms with E-state index in [1.807, 2.05) is 36.4 Å². The van der Waals surface area contributed by atoms with Gasteiger partial charge in [-0.15, -0.1) is 0 Å². The largest absolute Gasteiger partial charge is 0.351 e. The summed E-state index contributed by atoms with van der Waals surface area (Å²) in [6.07, 6.45) is 5.80. The molecule has 6 heteroatoms. The minimum Gasteiger partial charge on any atom is -0.351 e. The number of rotatable bonds is 4. The van der Waals surface area contributed by atoms with E-state index < -0.39 is 0 Å². The number of nitrogens with zero attached hydrogens (tertiary/aromatic N) is 2. The highest BCUT2D eigenvalue weighted by Crippen LogP contribution is 2.38. The molecule has 2 fully saturated rings. The summed E-state index contributed by atoms with van der Waals surface area (Å²) < 4.78 is 1.68. The van der Waals surface area contributed by atoms with Gasteiger partial charge >= 0.3 is 0 Å². The van der Waals surface area contributed by atoms with Gasteiger partial charge in [0.25, 0.3) is 11.5 Å². The zero-order valence-electron chi connectivity index (χ0n) is 15.7. The molecule has 2 aliphatic rings. The molecular formula is C22H24N4O2. The SMILES string of the molecule is O=C(NC1CCC(n2nc(C3CC3)ccc2=O)CC1)c1cc2ccccc2[nH]1. The van der Waals surface area contributed by atoms with Gasteiger partial charge in [0.05, 0.1) is 11.7 Å². The van der Waals surface area contributed by atoms with Gasteiger partial charge in [-0.1, -0.05) is 18.2 Å². The van der Waals surface area contributed by atoms with Gasteiger partial charge < -0.3 is 10.3 Å². The van der Waals surface area contributed by atoms with E-state index in [0.717, 1.165) is 42.3 Å². The maximum Gasteiger partial charge on any atom is 0.267 e. The first-order valence-corrected chi connectivity index (χ1v) is 10.2. The van der Waals surface area contributed by atoms with Gasteiger partial charge in [-0.25, -0.2) is 4.68 Å². The Morgan fingerprint density at radius 2 is 1.82 bits per heavy atom. The quantitative estimate of drug-likeness (QED) is 0.731. The van der Waals surface area contributed by atoms with Crippen molar-refractivity contribution in [1.29, 1.82) is 0 Å². The zero-order chi connectivity index (χ0) is 19.1. The van der Waals surface area contributed by atoms with E-state index in [-0.39, 0.29) is 23.6 Å². The predicted molar refractivity (Wildman–Crippen MR) is 108 cm³/mol. The maximum atomic E-state index is 12.6. The number of carbonyl (C=O) groups excluding carboxylic acids is 1. The smallest absolute Gasteiger partial charge is 0.267 e. The van der Waals surface area contributed by atoms with E-state index in [4.69, 9.17) is 0 Å². The number of aromatic amines is 1. The van der Waals surface area contributed by atoms with Crippen molar-refractivity contribution in [3.63, 3.8) is 0 Å². The van der Waals surface area contributed by atoms with Crippen LogP contribution in [0.3, 0.4) is 0 Å². The fourth-order valence-corrected chi connectivity index (χ4v) is 4.22. The normalized spacial score (nSPS) is 22.3. The second-order valence-corrected chi connectivity index (χ2v) is 8.06. The fraction of sp³-hybridized carbons (Fsp3) is 0.409. The molecule has 144 valence electrons. The molecule has 2 aliphatic carbocycles. The van der Waals surface area contributed by atoms with E-state index in [1.54, 1.807) is 10.7 Å². The third-order valence-corrected chi connectivity index (χ3v) is 5.99. The van der Waals surface area contributed by atoms with Crippen molar-refractivity contribution in [3.05, 3.63) is 64.2 Å². The molecule has 28 heavy (non-hydrogen) atoms. The molecule has 0 aliphatic heterocycles. The molecule has 0 spiro atoms. The molecule has 0 radical (unpaired) electrons. The number of para-hydroxylation sites is 1. The van der Waals surface area contributed by atoms with Crippen molar-refractivity contribution in [2.24, 2.45) is 0 Å². The summed E-state index contributed by atoms with van der Waals surface area (Å²) >= 11 is 0. The number of H-pyrrole nitrogens is 1. The minimum absolute atomic E-state index is 0.0186. The Labute approximate surface area is 163 Å². The topological polar surface area (TPSA) is 79.8 Å². The fourth-order valence-electron chi connectivity index (χ4n) is 4.22. The Hall–Kier alpha value is -2.89. The zero-order valence-corrected chi connectivity index (χ0v) is 15.7. The van der Waals surface area contributed by atoms with Gasteiger partial charge in [-0.2, -0.15) is 5.10 Å². The molecule has 0 atom stereocenters. The maximum absolute atomic E-state index is 12.6. The average molecular weight is 376 g/mol. The third-order valence-electron chi connectivity index (χ3n) is 5.99. The first-order chi connectivity index (χ1) is 13.7. The Balaban J connectivity index is 1.23. The van der Waals surface area contributed by atoms with E-state index >= 15 is 0 Å². The number of hydrogen-bond acceptors (Lipinski definition) is 3. The molecule has 1 aromatic carbocycles. The molecule has 2 aromatic heterocycles. The van der Waals surface area contributed by atoms with Crippen LogP contribution >= 0.6 is 0 Å². The van der Waals surface area contributed by atoms with Crippen LogP contribution in [0.5, 0.6) is 0 Å². The van der Waals surface area contributed by atoms with Crippen LogP contribution in [-0.2, 0) is 0 Å². The lowest BCUT2D eigenvalue weighted by Gasteiger charge is -2.29. The van der Waals surface area contributed by atoms with Crippen LogP contribution in [0.25, 0.3) is 10.9 Å². The standard InChI is InChI=1S/C22H24N4O2/c27-21-12-11-19(14-5-6-14)25-26(21)17-9-7-16(8-10-17)23-22(28)20-13-15-3-1-2-4-18(15)24-20/h1-4,11-14,16-17,24H,5-10H2,(H,23,28). The number of nitrogens with one attached hydrogen (secondary N) is 2. The summed E-state index contributed by atoms with van der Waals surface area (Å²) in [6.45, 7) is 0. The van der Waals surface area contributed by atoms with Crippen LogP contribution in [-0.4, -0.2) is 26.7 Å². The molecule has 3 aromatic rings. The van der Waals surface area contributed by atoms with Crippen LogP contribution in [0.1, 0.15) is 66.7 Å². The number of carbonyl (C=O) groups is 1. The van der Waals surface area contributed by atoms with Gasteiger partial charge in [0.1, 0.15) is 5.69 Å².